The monoisotopic (exact) mass is 471 g/mol. The Balaban J connectivity index is 1.59. The molecule has 3 aromatic rings. The van der Waals surface area contributed by atoms with Crippen molar-refractivity contribution in [3.8, 4) is 0 Å². The molecule has 3 aromatic carbocycles. The summed E-state index contributed by atoms with van der Waals surface area (Å²) in [5, 5.41) is 7.70. The van der Waals surface area contributed by atoms with E-state index in [1.165, 1.54) is 5.01 Å². The predicted octanol–water partition coefficient (Wildman–Crippen LogP) is 5.55. The summed E-state index contributed by atoms with van der Waals surface area (Å²) < 4.78 is 0. The fourth-order valence-corrected chi connectivity index (χ4v) is 4.11. The fourth-order valence-electron chi connectivity index (χ4n) is 3.67. The van der Waals surface area contributed by atoms with E-state index in [0.717, 1.165) is 22.4 Å². The predicted molar refractivity (Wildman–Crippen MR) is 127 cm³/mol. The Morgan fingerprint density at radius 1 is 1.00 bits per heavy atom. The lowest BCUT2D eigenvalue weighted by Crippen LogP contribution is -2.42. The van der Waals surface area contributed by atoms with E-state index >= 15 is 0 Å². The van der Waals surface area contributed by atoms with Crippen molar-refractivity contribution < 1.29 is 4.79 Å². The first-order valence-electron chi connectivity index (χ1n) is 9.82. The third kappa shape index (κ3) is 4.94. The molecule has 0 bridgehead atoms. The Morgan fingerprint density at radius 2 is 1.71 bits per heavy atom. The molecular weight excluding hydrogens is 453 g/mol. The number of nitrogens with zero attached hydrogens (tertiary/aromatic N) is 2. The van der Waals surface area contributed by atoms with Crippen molar-refractivity contribution in [3.63, 3.8) is 0 Å². The van der Waals surface area contributed by atoms with Gasteiger partial charge in [0.25, 0.3) is 5.91 Å². The summed E-state index contributed by atoms with van der Waals surface area (Å²) in [4.78, 5) is 13.1. The number of hydrogen-bond donors (Lipinski definition) is 1. The molecule has 2 N–H and O–H groups in total. The van der Waals surface area contributed by atoms with Gasteiger partial charge in [0.15, 0.2) is 0 Å². The highest BCUT2D eigenvalue weighted by atomic mass is 35.5. The summed E-state index contributed by atoms with van der Waals surface area (Å²) >= 11 is 18.1. The molecule has 0 unspecified atom stereocenters. The Hall–Kier alpha value is -2.37. The number of rotatable bonds is 5. The normalized spacial score (nSPS) is 16.8. The van der Waals surface area contributed by atoms with Crippen LogP contribution in [0.2, 0.25) is 15.1 Å². The molecular formula is C24H20Cl3N3O. The lowest BCUT2D eigenvalue weighted by molar-refractivity contribution is -0.132. The summed E-state index contributed by atoms with van der Waals surface area (Å²) in [6.07, 6.45) is 0.341. The van der Waals surface area contributed by atoms with Gasteiger partial charge in [-0.3, -0.25) is 4.79 Å². The highest BCUT2D eigenvalue weighted by Gasteiger charge is 2.34. The van der Waals surface area contributed by atoms with Crippen molar-refractivity contribution in [2.75, 3.05) is 6.54 Å². The van der Waals surface area contributed by atoms with Crippen molar-refractivity contribution in [1.82, 2.24) is 5.01 Å². The maximum atomic E-state index is 13.1. The number of carbonyl (C=O) groups excluding carboxylic acids is 1. The van der Waals surface area contributed by atoms with Crippen LogP contribution in [0.15, 0.2) is 77.9 Å². The number of nitrogens with two attached hydrogens (primary N) is 1. The van der Waals surface area contributed by atoms with Crippen molar-refractivity contribution >= 4 is 46.4 Å². The van der Waals surface area contributed by atoms with Gasteiger partial charge >= 0.3 is 0 Å². The number of carbonyl (C=O) groups is 1. The van der Waals surface area contributed by atoms with Gasteiger partial charge in [-0.1, -0.05) is 83.3 Å². The molecule has 4 nitrogen and oxygen atoms in total. The second-order valence-corrected chi connectivity index (χ2v) is 8.69. The first-order valence-corrected chi connectivity index (χ1v) is 11.0. The van der Waals surface area contributed by atoms with E-state index in [4.69, 9.17) is 40.5 Å². The van der Waals surface area contributed by atoms with Crippen LogP contribution in [0.25, 0.3) is 0 Å². The van der Waals surface area contributed by atoms with Crippen LogP contribution in [-0.4, -0.2) is 29.2 Å². The quantitative estimate of drug-likeness (QED) is 0.529. The van der Waals surface area contributed by atoms with Gasteiger partial charge in [0.05, 0.1) is 28.3 Å². The molecule has 1 aliphatic heterocycles. The number of halogens is 3. The second-order valence-electron chi connectivity index (χ2n) is 7.43. The molecule has 0 saturated carbocycles. The lowest BCUT2D eigenvalue weighted by Gasteiger charge is -2.19. The van der Waals surface area contributed by atoms with Gasteiger partial charge in [0.1, 0.15) is 0 Å². The molecule has 2 atom stereocenters. The molecule has 0 saturated heterocycles. The largest absolute Gasteiger partial charge is 0.320 e. The summed E-state index contributed by atoms with van der Waals surface area (Å²) in [6.45, 7) is 0.426. The molecule has 158 valence electrons. The number of amides is 1. The molecule has 0 aromatic heterocycles. The SMILES string of the molecule is N[C@@H](Cc1ccc(Cl)c(Cl)c1)C(=O)N1C[C@@H](c2ccccc2)C(c2ccc(Cl)cc2)=N1. The van der Waals surface area contributed by atoms with Crippen LogP contribution in [-0.2, 0) is 11.2 Å². The molecule has 0 radical (unpaired) electrons. The van der Waals surface area contributed by atoms with Crippen molar-refractivity contribution in [2.24, 2.45) is 10.8 Å². The summed E-state index contributed by atoms with van der Waals surface area (Å²) in [5.74, 6) is -0.292. The van der Waals surface area contributed by atoms with E-state index in [1.54, 1.807) is 12.1 Å². The zero-order valence-electron chi connectivity index (χ0n) is 16.5. The molecule has 4 rings (SSSR count). The van der Waals surface area contributed by atoms with Crippen molar-refractivity contribution in [1.29, 1.82) is 0 Å². The Labute approximate surface area is 196 Å². The Bertz CT molecular complexity index is 1120. The molecule has 7 heteroatoms. The standard InChI is InChI=1S/C24H20Cl3N3O/c25-18-9-7-17(8-10-18)23-19(16-4-2-1-3-5-16)14-30(29-23)24(31)22(28)13-15-6-11-20(26)21(27)12-15/h1-12,19,22H,13-14,28H2/t19-,22-/m0/s1. The van der Waals surface area contributed by atoms with Gasteiger partial charge in [0.2, 0.25) is 0 Å². The summed E-state index contributed by atoms with van der Waals surface area (Å²) in [6, 6.07) is 22.0. The van der Waals surface area contributed by atoms with E-state index in [9.17, 15) is 4.79 Å². The van der Waals surface area contributed by atoms with Crippen LogP contribution in [0, 0.1) is 0 Å². The third-order valence-corrected chi connectivity index (χ3v) is 6.26. The second kappa shape index (κ2) is 9.41. The highest BCUT2D eigenvalue weighted by molar-refractivity contribution is 6.42. The average molecular weight is 473 g/mol. The first kappa shape index (κ1) is 21.8. The topological polar surface area (TPSA) is 58.7 Å². The van der Waals surface area contributed by atoms with Gasteiger partial charge in [0, 0.05) is 10.9 Å². The van der Waals surface area contributed by atoms with Crippen molar-refractivity contribution in [2.45, 2.75) is 18.4 Å². The summed E-state index contributed by atoms with van der Waals surface area (Å²) in [5.41, 5.74) is 9.92. The third-order valence-electron chi connectivity index (χ3n) is 5.27. The van der Waals surface area contributed by atoms with Crippen LogP contribution >= 0.6 is 34.8 Å². The number of hydrazone groups is 1. The molecule has 0 fully saturated rings. The van der Waals surface area contributed by atoms with E-state index in [1.807, 2.05) is 60.7 Å². The molecule has 1 aliphatic rings. The van der Waals surface area contributed by atoms with Crippen molar-refractivity contribution in [3.05, 3.63) is 105 Å². The molecule has 0 aliphatic carbocycles. The van der Waals surface area contributed by atoms with Crippen LogP contribution < -0.4 is 5.73 Å². The van der Waals surface area contributed by atoms with Crippen LogP contribution in [0.3, 0.4) is 0 Å². The van der Waals surface area contributed by atoms with Gasteiger partial charge < -0.3 is 5.73 Å². The molecule has 0 spiro atoms. The Morgan fingerprint density at radius 3 is 2.39 bits per heavy atom. The first-order chi connectivity index (χ1) is 14.9. The minimum Gasteiger partial charge on any atom is -0.320 e. The van der Waals surface area contributed by atoms with E-state index in [2.05, 4.69) is 5.10 Å². The molecule has 1 heterocycles. The van der Waals surface area contributed by atoms with E-state index < -0.39 is 6.04 Å². The number of hydrogen-bond acceptors (Lipinski definition) is 3. The van der Waals surface area contributed by atoms with Gasteiger partial charge in [-0.05, 0) is 47.4 Å². The van der Waals surface area contributed by atoms with E-state index in [0.29, 0.717) is 28.0 Å². The number of benzene rings is 3. The maximum absolute atomic E-state index is 13.1. The van der Waals surface area contributed by atoms with Gasteiger partial charge in [-0.15, -0.1) is 0 Å². The molecule has 31 heavy (non-hydrogen) atoms. The average Bonchev–Trinajstić information content (AvgIpc) is 3.22. The molecule has 1 amide bonds. The smallest absolute Gasteiger partial charge is 0.259 e. The van der Waals surface area contributed by atoms with Gasteiger partial charge in [-0.25, -0.2) is 5.01 Å². The maximum Gasteiger partial charge on any atom is 0.259 e. The highest BCUT2D eigenvalue weighted by Crippen LogP contribution is 2.30. The van der Waals surface area contributed by atoms with Crippen LogP contribution in [0.5, 0.6) is 0 Å². The summed E-state index contributed by atoms with van der Waals surface area (Å²) in [7, 11) is 0. The fraction of sp³-hybridized carbons (Fsp3) is 0.167. The Kier molecular flexibility index (Phi) is 6.63. The van der Waals surface area contributed by atoms with E-state index in [-0.39, 0.29) is 11.8 Å². The zero-order chi connectivity index (χ0) is 22.0. The van der Waals surface area contributed by atoms with Gasteiger partial charge in [-0.2, -0.15) is 5.10 Å². The minimum atomic E-state index is -0.748. The van der Waals surface area contributed by atoms with Crippen LogP contribution in [0.4, 0.5) is 0 Å². The van der Waals surface area contributed by atoms with Crippen LogP contribution in [0.1, 0.15) is 22.6 Å². The minimum absolute atomic E-state index is 0.0523. The zero-order valence-corrected chi connectivity index (χ0v) is 18.8. The lowest BCUT2D eigenvalue weighted by atomic mass is 9.90.